The van der Waals surface area contributed by atoms with Crippen LogP contribution in [0.1, 0.15) is 44.2 Å². The van der Waals surface area contributed by atoms with Crippen LogP contribution in [0.2, 0.25) is 0 Å². The molecule has 1 saturated heterocycles. The molecule has 2 unspecified atom stereocenters. The summed E-state index contributed by atoms with van der Waals surface area (Å²) in [6.45, 7) is 1.98. The van der Waals surface area contributed by atoms with E-state index >= 15 is 0 Å². The van der Waals surface area contributed by atoms with Crippen molar-refractivity contribution in [2.75, 3.05) is 13.1 Å². The van der Waals surface area contributed by atoms with Gasteiger partial charge in [-0.15, -0.1) is 0 Å². The number of imidazole rings is 1. The number of aliphatic imine (C=N–C) groups is 1. The zero-order valence-electron chi connectivity index (χ0n) is 16.8. The standard InChI is InChI=1S/C21H25F2N5O2/c1-12(14-8-20(29)26-9-14)30-18-7-13(16(24)4-5-25-10-19(22)23)6-17-21(18)28(11-27-17)15-2-3-15/h5-7,11-12,14-15,19,24H,2-4,8-10H2,1H3,(H,26,29). The number of aromatic nitrogens is 2. The minimum absolute atomic E-state index is 0.0298. The number of carbonyl (C=O) groups is 1. The van der Waals surface area contributed by atoms with Crippen LogP contribution in [0, 0.1) is 11.3 Å². The van der Waals surface area contributed by atoms with Crippen LogP contribution in [0.5, 0.6) is 5.75 Å². The van der Waals surface area contributed by atoms with Crippen LogP contribution in [0.3, 0.4) is 0 Å². The topological polar surface area (TPSA) is 92.4 Å². The molecule has 0 spiro atoms. The summed E-state index contributed by atoms with van der Waals surface area (Å²) in [5, 5.41) is 11.2. The zero-order valence-corrected chi connectivity index (χ0v) is 16.8. The van der Waals surface area contributed by atoms with E-state index in [2.05, 4.69) is 19.9 Å². The Balaban J connectivity index is 1.60. The van der Waals surface area contributed by atoms with Crippen molar-refractivity contribution < 1.29 is 18.3 Å². The Morgan fingerprint density at radius 2 is 2.27 bits per heavy atom. The van der Waals surface area contributed by atoms with E-state index in [1.165, 1.54) is 6.21 Å². The van der Waals surface area contributed by atoms with Gasteiger partial charge in [0.05, 0.1) is 18.4 Å². The van der Waals surface area contributed by atoms with Gasteiger partial charge in [0.25, 0.3) is 6.43 Å². The second-order valence-electron chi connectivity index (χ2n) is 7.94. The van der Waals surface area contributed by atoms with E-state index in [0.29, 0.717) is 30.3 Å². The lowest BCUT2D eigenvalue weighted by Gasteiger charge is -2.21. The number of ether oxygens (including phenoxy) is 1. The normalized spacial score (nSPS) is 20.3. The van der Waals surface area contributed by atoms with Gasteiger partial charge in [-0.3, -0.25) is 9.79 Å². The summed E-state index contributed by atoms with van der Waals surface area (Å²) in [6, 6.07) is 4.05. The van der Waals surface area contributed by atoms with E-state index in [9.17, 15) is 13.6 Å². The number of halogens is 2. The number of nitrogens with zero attached hydrogens (tertiary/aromatic N) is 3. The van der Waals surface area contributed by atoms with Crippen LogP contribution in [0.25, 0.3) is 11.0 Å². The van der Waals surface area contributed by atoms with E-state index in [0.717, 1.165) is 23.9 Å². The molecule has 1 aromatic carbocycles. The predicted octanol–water partition coefficient (Wildman–Crippen LogP) is 3.37. The molecule has 9 heteroatoms. The smallest absolute Gasteiger partial charge is 0.257 e. The Morgan fingerprint density at radius 3 is 2.93 bits per heavy atom. The minimum Gasteiger partial charge on any atom is -0.488 e. The van der Waals surface area contributed by atoms with Gasteiger partial charge >= 0.3 is 0 Å². The monoisotopic (exact) mass is 417 g/mol. The van der Waals surface area contributed by atoms with Crippen molar-refractivity contribution >= 4 is 28.9 Å². The quantitative estimate of drug-likeness (QED) is 0.613. The highest BCUT2D eigenvalue weighted by molar-refractivity contribution is 6.07. The van der Waals surface area contributed by atoms with Gasteiger partial charge in [-0.05, 0) is 31.9 Å². The molecule has 2 fully saturated rings. The van der Waals surface area contributed by atoms with E-state index < -0.39 is 13.0 Å². The summed E-state index contributed by atoms with van der Waals surface area (Å²) in [7, 11) is 0. The number of hydrogen-bond acceptors (Lipinski definition) is 5. The lowest BCUT2D eigenvalue weighted by molar-refractivity contribution is -0.119. The van der Waals surface area contributed by atoms with Crippen molar-refractivity contribution in [1.82, 2.24) is 14.9 Å². The summed E-state index contributed by atoms with van der Waals surface area (Å²) in [5.41, 5.74) is 2.50. The Hall–Kier alpha value is -2.84. The molecule has 1 aliphatic carbocycles. The minimum atomic E-state index is -2.49. The van der Waals surface area contributed by atoms with Gasteiger partial charge in [-0.2, -0.15) is 0 Å². The SMILES string of the molecule is CC(Oc1cc(C(=N)CC=NCC(F)F)cc2ncn(C3CC3)c12)C1CNC(=O)C1. The van der Waals surface area contributed by atoms with E-state index in [1.54, 1.807) is 6.33 Å². The Morgan fingerprint density at radius 1 is 1.47 bits per heavy atom. The molecular weight excluding hydrogens is 392 g/mol. The number of hydrogen-bond donors (Lipinski definition) is 2. The van der Waals surface area contributed by atoms with Crippen LogP contribution in [0.4, 0.5) is 8.78 Å². The van der Waals surface area contributed by atoms with Gasteiger partial charge in [0.2, 0.25) is 5.91 Å². The fourth-order valence-electron chi connectivity index (χ4n) is 3.71. The third-order valence-corrected chi connectivity index (χ3v) is 5.58. The zero-order chi connectivity index (χ0) is 21.3. The molecule has 7 nitrogen and oxygen atoms in total. The fraction of sp³-hybridized carbons (Fsp3) is 0.524. The molecule has 2 heterocycles. The molecule has 2 aromatic rings. The first kappa shape index (κ1) is 20.4. The van der Waals surface area contributed by atoms with Crippen molar-refractivity contribution in [2.45, 2.75) is 51.2 Å². The van der Waals surface area contributed by atoms with Gasteiger partial charge < -0.3 is 20.0 Å². The highest BCUT2D eigenvalue weighted by atomic mass is 19.3. The maximum atomic E-state index is 12.2. The first-order valence-corrected chi connectivity index (χ1v) is 10.2. The summed E-state index contributed by atoms with van der Waals surface area (Å²) in [5.74, 6) is 0.740. The summed E-state index contributed by atoms with van der Waals surface area (Å²) < 4.78 is 32.9. The number of carbonyl (C=O) groups excluding carboxylic acids is 1. The number of nitrogens with one attached hydrogen (secondary N) is 2. The first-order chi connectivity index (χ1) is 14.4. The molecule has 0 bridgehead atoms. The second kappa shape index (κ2) is 8.49. The molecule has 1 aliphatic heterocycles. The number of benzene rings is 1. The van der Waals surface area contributed by atoms with Crippen LogP contribution < -0.4 is 10.1 Å². The van der Waals surface area contributed by atoms with Crippen LogP contribution >= 0.6 is 0 Å². The van der Waals surface area contributed by atoms with Crippen LogP contribution in [0.15, 0.2) is 23.5 Å². The third kappa shape index (κ3) is 4.49. The molecule has 4 rings (SSSR count). The predicted molar refractivity (Wildman–Crippen MR) is 110 cm³/mol. The number of amides is 1. The van der Waals surface area contributed by atoms with Crippen molar-refractivity contribution in [1.29, 1.82) is 5.41 Å². The molecule has 1 saturated carbocycles. The average Bonchev–Trinajstić information content (AvgIpc) is 3.31. The highest BCUT2D eigenvalue weighted by Crippen LogP contribution is 2.40. The highest BCUT2D eigenvalue weighted by Gasteiger charge is 2.30. The van der Waals surface area contributed by atoms with Crippen molar-refractivity contribution in [3.8, 4) is 5.75 Å². The van der Waals surface area contributed by atoms with Gasteiger partial charge in [-0.1, -0.05) is 0 Å². The number of rotatable bonds is 9. The molecule has 30 heavy (non-hydrogen) atoms. The second-order valence-corrected chi connectivity index (χ2v) is 7.94. The van der Waals surface area contributed by atoms with Gasteiger partial charge in [-0.25, -0.2) is 13.8 Å². The summed E-state index contributed by atoms with van der Waals surface area (Å²) in [6.07, 6.45) is 3.25. The van der Waals surface area contributed by atoms with Crippen LogP contribution in [-0.2, 0) is 4.79 Å². The fourth-order valence-corrected chi connectivity index (χ4v) is 3.71. The largest absolute Gasteiger partial charge is 0.488 e. The van der Waals surface area contributed by atoms with Crippen LogP contribution in [-0.4, -0.2) is 53.0 Å². The average molecular weight is 417 g/mol. The molecule has 160 valence electrons. The molecule has 0 radical (unpaired) electrons. The van der Waals surface area contributed by atoms with Gasteiger partial charge in [0, 0.05) is 48.8 Å². The maximum Gasteiger partial charge on any atom is 0.257 e. The molecule has 1 aromatic heterocycles. The number of fused-ring (bicyclic) bond motifs is 1. The molecular formula is C21H25F2N5O2. The Kier molecular flexibility index (Phi) is 5.78. The molecule has 2 atom stereocenters. The van der Waals surface area contributed by atoms with Gasteiger partial charge in [0.15, 0.2) is 0 Å². The van der Waals surface area contributed by atoms with E-state index in [1.807, 2.05) is 19.1 Å². The lowest BCUT2D eigenvalue weighted by atomic mass is 10.0. The maximum absolute atomic E-state index is 12.2. The van der Waals surface area contributed by atoms with E-state index in [-0.39, 0.29) is 30.1 Å². The molecule has 1 amide bonds. The summed E-state index contributed by atoms with van der Waals surface area (Å²) in [4.78, 5) is 19.7. The Labute approximate surface area is 173 Å². The molecule has 2 aliphatic rings. The Bertz CT molecular complexity index is 983. The van der Waals surface area contributed by atoms with Crippen molar-refractivity contribution in [2.24, 2.45) is 10.9 Å². The van der Waals surface area contributed by atoms with Crippen molar-refractivity contribution in [3.63, 3.8) is 0 Å². The van der Waals surface area contributed by atoms with E-state index in [4.69, 9.17) is 10.1 Å². The third-order valence-electron chi connectivity index (χ3n) is 5.58. The molecule has 2 N–H and O–H groups in total. The number of alkyl halides is 2. The summed E-state index contributed by atoms with van der Waals surface area (Å²) >= 11 is 0. The first-order valence-electron chi connectivity index (χ1n) is 10.2. The lowest BCUT2D eigenvalue weighted by Crippen LogP contribution is -2.26. The van der Waals surface area contributed by atoms with Gasteiger partial charge in [0.1, 0.15) is 17.4 Å². The van der Waals surface area contributed by atoms with Crippen molar-refractivity contribution in [3.05, 3.63) is 24.0 Å².